The Labute approximate surface area is 146 Å². The smallest absolute Gasteiger partial charge is 0.240 e. The second kappa shape index (κ2) is 6.61. The zero-order chi connectivity index (χ0) is 17.3. The van der Waals surface area contributed by atoms with Crippen molar-refractivity contribution in [3.63, 3.8) is 0 Å². The molecule has 1 saturated carbocycles. The molecule has 6 nitrogen and oxygen atoms in total. The van der Waals surface area contributed by atoms with Gasteiger partial charge in [-0.2, -0.15) is 0 Å². The highest BCUT2D eigenvalue weighted by molar-refractivity contribution is 6.32. The molecule has 1 heterocycles. The molecular formula is C17H22ClN3O3. The Hall–Kier alpha value is -1.79. The second-order valence-corrected chi connectivity index (χ2v) is 6.89. The van der Waals surface area contributed by atoms with E-state index in [-0.39, 0.29) is 11.8 Å². The van der Waals surface area contributed by atoms with Crippen molar-refractivity contribution >= 4 is 29.1 Å². The van der Waals surface area contributed by atoms with E-state index in [1.165, 1.54) is 7.11 Å². The molecule has 0 radical (unpaired) electrons. The molecule has 1 aliphatic heterocycles. The van der Waals surface area contributed by atoms with Crippen LogP contribution in [0.25, 0.3) is 0 Å². The molecule has 1 aromatic rings. The van der Waals surface area contributed by atoms with Gasteiger partial charge >= 0.3 is 0 Å². The normalized spacial score (nSPS) is 19.7. The Morgan fingerprint density at radius 3 is 2.42 bits per heavy atom. The number of rotatable bonds is 4. The summed E-state index contributed by atoms with van der Waals surface area (Å²) in [5, 5.41) is 3.25. The Morgan fingerprint density at radius 2 is 1.88 bits per heavy atom. The summed E-state index contributed by atoms with van der Waals surface area (Å²) < 4.78 is 5.10. The number of hydrogen-bond acceptors (Lipinski definition) is 4. The van der Waals surface area contributed by atoms with Crippen LogP contribution in [-0.2, 0) is 9.59 Å². The molecule has 0 bridgehead atoms. The van der Waals surface area contributed by atoms with E-state index in [9.17, 15) is 9.59 Å². The Kier molecular flexibility index (Phi) is 4.69. The highest BCUT2D eigenvalue weighted by Crippen LogP contribution is 2.48. The van der Waals surface area contributed by atoms with Gasteiger partial charge in [0, 0.05) is 31.9 Å². The van der Waals surface area contributed by atoms with Gasteiger partial charge in [0.05, 0.1) is 12.1 Å². The standard InChI is InChI=1S/C17H22ClN3O3/c1-20-7-9-21(10-8-20)16(23)17(5-6-17)15(22)19-12-3-4-14(24-2)13(18)11-12/h3-4,11H,5-10H2,1-2H3,(H,19,22). The second-order valence-electron chi connectivity index (χ2n) is 6.48. The van der Waals surface area contributed by atoms with Crippen LogP contribution in [0.1, 0.15) is 12.8 Å². The van der Waals surface area contributed by atoms with Gasteiger partial charge in [-0.25, -0.2) is 0 Å². The lowest BCUT2D eigenvalue weighted by Gasteiger charge is -2.34. The van der Waals surface area contributed by atoms with Crippen LogP contribution in [0.2, 0.25) is 5.02 Å². The maximum absolute atomic E-state index is 12.8. The lowest BCUT2D eigenvalue weighted by Crippen LogP contribution is -2.51. The average molecular weight is 352 g/mol. The highest BCUT2D eigenvalue weighted by Gasteiger charge is 2.58. The number of nitrogens with one attached hydrogen (secondary N) is 1. The highest BCUT2D eigenvalue weighted by atomic mass is 35.5. The molecule has 7 heteroatoms. The summed E-state index contributed by atoms with van der Waals surface area (Å²) in [5.74, 6) is 0.254. The molecule has 0 atom stereocenters. The number of nitrogens with zero attached hydrogens (tertiary/aromatic N) is 2. The minimum atomic E-state index is -0.900. The van der Waals surface area contributed by atoms with E-state index >= 15 is 0 Å². The molecule has 2 amide bonds. The van der Waals surface area contributed by atoms with Crippen LogP contribution in [0.4, 0.5) is 5.69 Å². The molecular weight excluding hydrogens is 330 g/mol. The number of carbonyl (C=O) groups is 2. The maximum Gasteiger partial charge on any atom is 0.240 e. The number of hydrogen-bond donors (Lipinski definition) is 1. The van der Waals surface area contributed by atoms with Gasteiger partial charge < -0.3 is 19.9 Å². The number of anilines is 1. The van der Waals surface area contributed by atoms with E-state index in [2.05, 4.69) is 10.2 Å². The topological polar surface area (TPSA) is 61.9 Å². The van der Waals surface area contributed by atoms with E-state index in [0.29, 0.717) is 42.4 Å². The first-order valence-electron chi connectivity index (χ1n) is 8.09. The van der Waals surface area contributed by atoms with E-state index in [1.807, 2.05) is 11.9 Å². The van der Waals surface area contributed by atoms with Crippen molar-refractivity contribution in [3.05, 3.63) is 23.2 Å². The minimum Gasteiger partial charge on any atom is -0.495 e. The van der Waals surface area contributed by atoms with Crippen LogP contribution in [0.15, 0.2) is 18.2 Å². The van der Waals surface area contributed by atoms with Gasteiger partial charge in [0.1, 0.15) is 11.2 Å². The van der Waals surface area contributed by atoms with Gasteiger partial charge in [-0.3, -0.25) is 9.59 Å². The third kappa shape index (κ3) is 3.21. The monoisotopic (exact) mass is 351 g/mol. The first-order chi connectivity index (χ1) is 11.5. The van der Waals surface area contributed by atoms with Crippen molar-refractivity contribution in [1.82, 2.24) is 9.80 Å². The molecule has 1 N–H and O–H groups in total. The summed E-state index contributed by atoms with van der Waals surface area (Å²) in [7, 11) is 3.57. The van der Waals surface area contributed by atoms with Crippen LogP contribution in [-0.4, -0.2) is 62.0 Å². The molecule has 2 fully saturated rings. The fraction of sp³-hybridized carbons (Fsp3) is 0.529. The molecule has 0 aromatic heterocycles. The zero-order valence-corrected chi connectivity index (χ0v) is 14.7. The number of methoxy groups -OCH3 is 1. The van der Waals surface area contributed by atoms with Crippen molar-refractivity contribution < 1.29 is 14.3 Å². The van der Waals surface area contributed by atoms with Crippen molar-refractivity contribution in [2.45, 2.75) is 12.8 Å². The summed E-state index contributed by atoms with van der Waals surface area (Å²) in [5.41, 5.74) is -0.328. The van der Waals surface area contributed by atoms with Gasteiger partial charge in [-0.15, -0.1) is 0 Å². The van der Waals surface area contributed by atoms with Crippen LogP contribution < -0.4 is 10.1 Å². The summed E-state index contributed by atoms with van der Waals surface area (Å²) >= 11 is 6.08. The largest absolute Gasteiger partial charge is 0.495 e. The van der Waals surface area contributed by atoms with Gasteiger partial charge in [0.25, 0.3) is 0 Å². The van der Waals surface area contributed by atoms with Gasteiger partial charge in [-0.1, -0.05) is 11.6 Å². The zero-order valence-electron chi connectivity index (χ0n) is 14.0. The summed E-state index contributed by atoms with van der Waals surface area (Å²) in [6, 6.07) is 5.05. The van der Waals surface area contributed by atoms with Crippen molar-refractivity contribution in [2.24, 2.45) is 5.41 Å². The summed E-state index contributed by atoms with van der Waals surface area (Å²) in [6.07, 6.45) is 1.21. The molecule has 0 unspecified atom stereocenters. The SMILES string of the molecule is COc1ccc(NC(=O)C2(C(=O)N3CCN(C)CC3)CC2)cc1Cl. The van der Waals surface area contributed by atoms with Crippen molar-refractivity contribution in [3.8, 4) is 5.75 Å². The van der Waals surface area contributed by atoms with E-state index in [1.54, 1.807) is 18.2 Å². The first-order valence-corrected chi connectivity index (χ1v) is 8.47. The number of ether oxygens (including phenoxy) is 1. The summed E-state index contributed by atoms with van der Waals surface area (Å²) in [6.45, 7) is 3.05. The van der Waals surface area contributed by atoms with Gasteiger partial charge in [-0.05, 0) is 38.1 Å². The van der Waals surface area contributed by atoms with Crippen LogP contribution in [0, 0.1) is 5.41 Å². The summed E-state index contributed by atoms with van der Waals surface area (Å²) in [4.78, 5) is 29.5. The van der Waals surface area contributed by atoms with E-state index < -0.39 is 5.41 Å². The number of amides is 2. The van der Waals surface area contributed by atoms with Crippen LogP contribution in [0.5, 0.6) is 5.75 Å². The first kappa shape index (κ1) is 17.0. The fourth-order valence-corrected chi connectivity index (χ4v) is 3.23. The number of benzene rings is 1. The van der Waals surface area contributed by atoms with E-state index in [0.717, 1.165) is 13.1 Å². The molecule has 0 spiro atoms. The molecule has 1 aliphatic carbocycles. The number of carbonyl (C=O) groups excluding carboxylic acids is 2. The molecule has 2 aliphatic rings. The van der Waals surface area contributed by atoms with Crippen LogP contribution in [0.3, 0.4) is 0 Å². The minimum absolute atomic E-state index is 0.0484. The van der Waals surface area contributed by atoms with Crippen LogP contribution >= 0.6 is 11.6 Å². The van der Waals surface area contributed by atoms with Crippen molar-refractivity contribution in [2.75, 3.05) is 45.7 Å². The molecule has 1 aromatic carbocycles. The maximum atomic E-state index is 12.8. The molecule has 130 valence electrons. The van der Waals surface area contributed by atoms with Gasteiger partial charge in [0.15, 0.2) is 0 Å². The number of halogens is 1. The lowest BCUT2D eigenvalue weighted by atomic mass is 10.0. The van der Waals surface area contributed by atoms with Gasteiger partial charge in [0.2, 0.25) is 11.8 Å². The third-order valence-electron chi connectivity index (χ3n) is 4.79. The predicted octanol–water partition coefficient (Wildman–Crippen LogP) is 1.84. The molecule has 1 saturated heterocycles. The third-order valence-corrected chi connectivity index (χ3v) is 5.09. The molecule has 24 heavy (non-hydrogen) atoms. The predicted molar refractivity (Wildman–Crippen MR) is 92.4 cm³/mol. The Balaban J connectivity index is 1.68. The van der Waals surface area contributed by atoms with E-state index in [4.69, 9.17) is 16.3 Å². The lowest BCUT2D eigenvalue weighted by molar-refractivity contribution is -0.143. The number of likely N-dealkylation sites (N-methyl/N-ethyl adjacent to an activating group) is 1. The molecule has 3 rings (SSSR count). The average Bonchev–Trinajstić information content (AvgIpc) is 3.37. The number of piperazine rings is 1. The Morgan fingerprint density at radius 1 is 1.21 bits per heavy atom. The quantitative estimate of drug-likeness (QED) is 0.841. The Bertz CT molecular complexity index is 652. The fourth-order valence-electron chi connectivity index (χ4n) is 2.97. The van der Waals surface area contributed by atoms with Crippen molar-refractivity contribution in [1.29, 1.82) is 0 Å².